The molecule has 0 radical (unpaired) electrons. The Morgan fingerprint density at radius 2 is 1.90 bits per heavy atom. The summed E-state index contributed by atoms with van der Waals surface area (Å²) in [4.78, 5) is 26.5. The molecule has 6 nitrogen and oxygen atoms in total. The largest absolute Gasteiger partial charge is 0.502 e. The average molecular weight is 408 g/mol. The lowest BCUT2D eigenvalue weighted by atomic mass is 10.1. The van der Waals surface area contributed by atoms with E-state index in [0.717, 1.165) is 17.5 Å². The van der Waals surface area contributed by atoms with E-state index in [-0.39, 0.29) is 12.5 Å². The zero-order valence-electron chi connectivity index (χ0n) is 17.5. The maximum atomic E-state index is 13.0. The number of aryl methyl sites for hydroxylation is 1. The Balaban J connectivity index is 1.75. The Hall–Kier alpha value is -3.28. The van der Waals surface area contributed by atoms with Gasteiger partial charge in [-0.15, -0.1) is 0 Å². The molecule has 0 saturated carbocycles. The SMILES string of the molecule is C=C(CC[C@@H](C(N)=O)N1Cc2c(OCc3ccc(CC)cc3)cccc2C1=O)OC. The molecule has 1 aliphatic rings. The summed E-state index contributed by atoms with van der Waals surface area (Å²) < 4.78 is 11.1. The summed E-state index contributed by atoms with van der Waals surface area (Å²) in [6.45, 7) is 6.58. The third-order valence-electron chi connectivity index (χ3n) is 5.47. The fourth-order valence-electron chi connectivity index (χ4n) is 3.60. The van der Waals surface area contributed by atoms with Gasteiger partial charge in [0.05, 0.1) is 19.4 Å². The number of allylic oxidation sites excluding steroid dienone is 1. The van der Waals surface area contributed by atoms with Crippen molar-refractivity contribution in [1.29, 1.82) is 0 Å². The Morgan fingerprint density at radius 3 is 2.53 bits per heavy atom. The monoisotopic (exact) mass is 408 g/mol. The normalized spacial score (nSPS) is 13.7. The minimum absolute atomic E-state index is 0.213. The first-order chi connectivity index (χ1) is 14.4. The van der Waals surface area contributed by atoms with E-state index < -0.39 is 11.9 Å². The summed E-state index contributed by atoms with van der Waals surface area (Å²) in [5, 5.41) is 0. The van der Waals surface area contributed by atoms with Crippen molar-refractivity contribution in [3.8, 4) is 5.75 Å². The fraction of sp³-hybridized carbons (Fsp3) is 0.333. The molecule has 1 aliphatic heterocycles. The molecule has 2 aromatic carbocycles. The molecule has 1 atom stereocenters. The van der Waals surface area contributed by atoms with Crippen LogP contribution in [0, 0.1) is 0 Å². The van der Waals surface area contributed by atoms with Gasteiger partial charge in [-0.2, -0.15) is 0 Å². The highest BCUT2D eigenvalue weighted by molar-refractivity contribution is 6.01. The molecule has 6 heteroatoms. The van der Waals surface area contributed by atoms with Crippen LogP contribution in [0.25, 0.3) is 0 Å². The van der Waals surface area contributed by atoms with Gasteiger partial charge in [-0.25, -0.2) is 0 Å². The fourth-order valence-corrected chi connectivity index (χ4v) is 3.60. The summed E-state index contributed by atoms with van der Waals surface area (Å²) in [5.41, 5.74) is 9.26. The number of methoxy groups -OCH3 is 1. The molecule has 0 saturated heterocycles. The van der Waals surface area contributed by atoms with Crippen LogP contribution in [0.5, 0.6) is 5.75 Å². The maximum Gasteiger partial charge on any atom is 0.255 e. The van der Waals surface area contributed by atoms with Gasteiger partial charge in [0, 0.05) is 17.5 Å². The summed E-state index contributed by atoms with van der Waals surface area (Å²) >= 11 is 0. The maximum absolute atomic E-state index is 13.0. The number of carbonyl (C=O) groups is 2. The van der Waals surface area contributed by atoms with Gasteiger partial charge >= 0.3 is 0 Å². The van der Waals surface area contributed by atoms with Crippen molar-refractivity contribution in [3.05, 3.63) is 77.1 Å². The molecule has 2 amide bonds. The number of primary amides is 1. The van der Waals surface area contributed by atoms with Crippen LogP contribution in [0.15, 0.2) is 54.8 Å². The molecule has 0 spiro atoms. The lowest BCUT2D eigenvalue weighted by Crippen LogP contribution is -2.44. The Kier molecular flexibility index (Phi) is 6.77. The molecule has 0 unspecified atom stereocenters. The molecule has 3 rings (SSSR count). The Morgan fingerprint density at radius 1 is 1.20 bits per heavy atom. The van der Waals surface area contributed by atoms with Crippen molar-refractivity contribution < 1.29 is 19.1 Å². The van der Waals surface area contributed by atoms with Crippen LogP contribution >= 0.6 is 0 Å². The standard InChI is InChI=1S/C24H28N2O4/c1-4-17-9-11-18(12-10-17)15-30-22-7-5-6-19-20(22)14-26(24(19)28)21(23(25)27)13-8-16(2)29-3/h5-7,9-12,21H,2,4,8,13-15H2,1,3H3,(H2,25,27)/t21-/m0/s1. The molecule has 0 aromatic heterocycles. The topological polar surface area (TPSA) is 81.9 Å². The van der Waals surface area contributed by atoms with Crippen LogP contribution in [0.2, 0.25) is 0 Å². The van der Waals surface area contributed by atoms with Crippen molar-refractivity contribution in [2.75, 3.05) is 7.11 Å². The lowest BCUT2D eigenvalue weighted by molar-refractivity contribution is -0.122. The highest BCUT2D eigenvalue weighted by atomic mass is 16.5. The van der Waals surface area contributed by atoms with Crippen LogP contribution in [-0.2, 0) is 29.1 Å². The first kappa shape index (κ1) is 21.4. The number of hydrogen-bond acceptors (Lipinski definition) is 4. The highest BCUT2D eigenvalue weighted by Crippen LogP contribution is 2.33. The van der Waals surface area contributed by atoms with E-state index in [1.807, 2.05) is 18.2 Å². The van der Waals surface area contributed by atoms with Crippen molar-refractivity contribution in [1.82, 2.24) is 4.90 Å². The van der Waals surface area contributed by atoms with Crippen LogP contribution < -0.4 is 10.5 Å². The van der Waals surface area contributed by atoms with Gasteiger partial charge in [-0.1, -0.05) is 43.8 Å². The predicted molar refractivity (Wildman–Crippen MR) is 115 cm³/mol. The second-order valence-electron chi connectivity index (χ2n) is 7.37. The van der Waals surface area contributed by atoms with Crippen molar-refractivity contribution in [3.63, 3.8) is 0 Å². The number of benzene rings is 2. The van der Waals surface area contributed by atoms with Gasteiger partial charge < -0.3 is 20.1 Å². The molecular weight excluding hydrogens is 380 g/mol. The summed E-state index contributed by atoms with van der Waals surface area (Å²) in [5.74, 6) is 0.434. The second kappa shape index (κ2) is 9.48. The Bertz CT molecular complexity index is 937. The van der Waals surface area contributed by atoms with Crippen LogP contribution in [-0.4, -0.2) is 29.9 Å². The van der Waals surface area contributed by atoms with E-state index in [2.05, 4.69) is 25.6 Å². The summed E-state index contributed by atoms with van der Waals surface area (Å²) in [6, 6.07) is 12.9. The number of ether oxygens (including phenoxy) is 2. The van der Waals surface area contributed by atoms with Crippen LogP contribution in [0.4, 0.5) is 0 Å². The van der Waals surface area contributed by atoms with Crippen molar-refractivity contribution in [2.45, 2.75) is 45.4 Å². The minimum Gasteiger partial charge on any atom is -0.502 e. The van der Waals surface area contributed by atoms with Gasteiger partial charge in [0.1, 0.15) is 18.4 Å². The Labute approximate surface area is 177 Å². The minimum atomic E-state index is -0.730. The number of nitrogens with two attached hydrogens (primary N) is 1. The van der Waals surface area contributed by atoms with Crippen LogP contribution in [0.1, 0.15) is 46.8 Å². The van der Waals surface area contributed by atoms with Gasteiger partial charge in [0.15, 0.2) is 0 Å². The quantitative estimate of drug-likeness (QED) is 0.609. The first-order valence-electron chi connectivity index (χ1n) is 10.1. The van der Waals surface area contributed by atoms with E-state index in [1.165, 1.54) is 17.6 Å². The number of amides is 2. The molecule has 0 bridgehead atoms. The molecule has 2 aromatic rings. The molecule has 158 valence electrons. The molecule has 30 heavy (non-hydrogen) atoms. The highest BCUT2D eigenvalue weighted by Gasteiger charge is 2.36. The van der Waals surface area contributed by atoms with E-state index >= 15 is 0 Å². The van der Waals surface area contributed by atoms with Crippen molar-refractivity contribution in [2.24, 2.45) is 5.73 Å². The van der Waals surface area contributed by atoms with Gasteiger partial charge in [-0.3, -0.25) is 9.59 Å². The summed E-state index contributed by atoms with van der Waals surface area (Å²) in [7, 11) is 1.53. The number of nitrogens with zero attached hydrogens (tertiary/aromatic N) is 1. The number of hydrogen-bond donors (Lipinski definition) is 1. The third-order valence-corrected chi connectivity index (χ3v) is 5.47. The second-order valence-corrected chi connectivity index (χ2v) is 7.37. The molecular formula is C24H28N2O4. The van der Waals surface area contributed by atoms with E-state index in [0.29, 0.717) is 36.5 Å². The number of carbonyl (C=O) groups excluding carboxylic acids is 2. The van der Waals surface area contributed by atoms with E-state index in [4.69, 9.17) is 15.2 Å². The predicted octanol–water partition coefficient (Wildman–Crippen LogP) is 3.58. The number of fused-ring (bicyclic) bond motifs is 1. The average Bonchev–Trinajstić information content (AvgIpc) is 3.09. The molecule has 1 heterocycles. The third kappa shape index (κ3) is 4.64. The number of rotatable bonds is 10. The van der Waals surface area contributed by atoms with Crippen molar-refractivity contribution >= 4 is 11.8 Å². The lowest BCUT2D eigenvalue weighted by Gasteiger charge is -2.25. The zero-order chi connectivity index (χ0) is 21.7. The molecule has 0 fully saturated rings. The van der Waals surface area contributed by atoms with E-state index in [1.54, 1.807) is 12.1 Å². The van der Waals surface area contributed by atoms with Gasteiger partial charge in [0.2, 0.25) is 5.91 Å². The molecule has 2 N–H and O–H groups in total. The molecule has 0 aliphatic carbocycles. The zero-order valence-corrected chi connectivity index (χ0v) is 17.5. The van der Waals surface area contributed by atoms with Gasteiger partial charge in [-0.05, 0) is 36.1 Å². The first-order valence-corrected chi connectivity index (χ1v) is 10.1. The van der Waals surface area contributed by atoms with Crippen LogP contribution in [0.3, 0.4) is 0 Å². The summed E-state index contributed by atoms with van der Waals surface area (Å²) in [6.07, 6.45) is 1.80. The smallest absolute Gasteiger partial charge is 0.255 e. The van der Waals surface area contributed by atoms with E-state index in [9.17, 15) is 9.59 Å². The van der Waals surface area contributed by atoms with Gasteiger partial charge in [0.25, 0.3) is 5.91 Å².